The van der Waals surface area contributed by atoms with Gasteiger partial charge < -0.3 is 10.3 Å². The number of aryl methyl sites for hydroxylation is 1. The molecular weight excluding hydrogens is 186 g/mol. The number of aromatic nitrogens is 2. The van der Waals surface area contributed by atoms with Gasteiger partial charge in [-0.1, -0.05) is 34.1 Å². The predicted molar refractivity (Wildman–Crippen MR) is 65.0 cm³/mol. The molecule has 0 aliphatic heterocycles. The number of hydrogen-bond donors (Lipinski definition) is 1. The van der Waals surface area contributed by atoms with E-state index in [1.54, 1.807) is 0 Å². The molecule has 1 aromatic heterocycles. The van der Waals surface area contributed by atoms with Crippen LogP contribution >= 0.6 is 0 Å². The maximum Gasteiger partial charge on any atom is 0.126 e. The highest BCUT2D eigenvalue weighted by atomic mass is 15.1. The highest BCUT2D eigenvalue weighted by Gasteiger charge is 2.15. The van der Waals surface area contributed by atoms with Gasteiger partial charge in [-0.05, 0) is 12.8 Å². The van der Waals surface area contributed by atoms with E-state index < -0.39 is 0 Å². The van der Waals surface area contributed by atoms with Crippen molar-refractivity contribution in [2.75, 3.05) is 5.73 Å². The second-order valence-electron chi connectivity index (χ2n) is 4.32. The van der Waals surface area contributed by atoms with Crippen LogP contribution in [0.1, 0.15) is 58.0 Å². The topological polar surface area (TPSA) is 43.8 Å². The average Bonchev–Trinajstić information content (AvgIpc) is 2.52. The first-order chi connectivity index (χ1) is 7.11. The molecule has 1 aromatic rings. The van der Waals surface area contributed by atoms with Gasteiger partial charge >= 0.3 is 0 Å². The monoisotopic (exact) mass is 209 g/mol. The number of imidazole rings is 1. The van der Waals surface area contributed by atoms with Crippen molar-refractivity contribution in [1.29, 1.82) is 0 Å². The van der Waals surface area contributed by atoms with Gasteiger partial charge in [-0.25, -0.2) is 4.98 Å². The first-order valence-electron chi connectivity index (χ1n) is 5.96. The highest BCUT2D eigenvalue weighted by molar-refractivity contribution is 5.38. The molecule has 0 aliphatic rings. The summed E-state index contributed by atoms with van der Waals surface area (Å²) in [5, 5.41) is 0. The summed E-state index contributed by atoms with van der Waals surface area (Å²) in [5.74, 6) is 2.46. The zero-order valence-corrected chi connectivity index (χ0v) is 10.4. The van der Waals surface area contributed by atoms with Crippen LogP contribution in [0.25, 0.3) is 0 Å². The van der Waals surface area contributed by atoms with Crippen LogP contribution in [0.4, 0.5) is 5.82 Å². The van der Waals surface area contributed by atoms with Crippen molar-refractivity contribution >= 4 is 5.82 Å². The molecule has 0 amide bonds. The van der Waals surface area contributed by atoms with Crippen molar-refractivity contribution < 1.29 is 0 Å². The number of nitrogens with zero attached hydrogens (tertiary/aromatic N) is 2. The second kappa shape index (κ2) is 5.19. The average molecular weight is 209 g/mol. The number of nitrogen functional groups attached to an aromatic ring is 1. The maximum absolute atomic E-state index is 6.09. The predicted octanol–water partition coefficient (Wildman–Crippen LogP) is 2.95. The Hall–Kier alpha value is -0.990. The van der Waals surface area contributed by atoms with Gasteiger partial charge in [0, 0.05) is 12.5 Å². The van der Waals surface area contributed by atoms with Gasteiger partial charge in [0.25, 0.3) is 0 Å². The van der Waals surface area contributed by atoms with E-state index in [2.05, 4.69) is 37.2 Å². The van der Waals surface area contributed by atoms with Crippen LogP contribution in [-0.4, -0.2) is 9.55 Å². The normalized spacial score (nSPS) is 11.3. The lowest BCUT2D eigenvalue weighted by Crippen LogP contribution is -2.08. The van der Waals surface area contributed by atoms with Crippen molar-refractivity contribution in [3.8, 4) is 0 Å². The zero-order chi connectivity index (χ0) is 11.4. The SMILES string of the molecule is CCCCn1c(C(C)C)nc(CC)c1N. The Morgan fingerprint density at radius 3 is 2.47 bits per heavy atom. The Morgan fingerprint density at radius 1 is 1.33 bits per heavy atom. The van der Waals surface area contributed by atoms with E-state index in [1.165, 1.54) is 12.8 Å². The molecule has 0 saturated carbocycles. The summed E-state index contributed by atoms with van der Waals surface area (Å²) in [4.78, 5) is 4.62. The van der Waals surface area contributed by atoms with Crippen LogP contribution in [0.15, 0.2) is 0 Å². The standard InChI is InChI=1S/C12H23N3/c1-5-7-8-15-11(13)10(6-2)14-12(15)9(3)4/h9H,5-8,13H2,1-4H3. The Balaban J connectivity index is 3.02. The number of hydrogen-bond acceptors (Lipinski definition) is 2. The molecule has 3 nitrogen and oxygen atoms in total. The summed E-state index contributed by atoms with van der Waals surface area (Å²) in [7, 11) is 0. The van der Waals surface area contributed by atoms with Crippen molar-refractivity contribution in [3.05, 3.63) is 11.5 Å². The molecule has 0 radical (unpaired) electrons. The maximum atomic E-state index is 6.09. The molecule has 0 saturated heterocycles. The minimum atomic E-state index is 0.449. The van der Waals surface area contributed by atoms with Crippen LogP contribution in [0.2, 0.25) is 0 Å². The van der Waals surface area contributed by atoms with Crippen molar-refractivity contribution in [1.82, 2.24) is 9.55 Å². The zero-order valence-electron chi connectivity index (χ0n) is 10.4. The van der Waals surface area contributed by atoms with Gasteiger partial charge in [0.15, 0.2) is 0 Å². The Labute approximate surface area is 92.7 Å². The molecule has 0 aliphatic carbocycles. The molecular formula is C12H23N3. The van der Waals surface area contributed by atoms with Crippen molar-refractivity contribution in [2.45, 2.75) is 59.4 Å². The Kier molecular flexibility index (Phi) is 4.18. The van der Waals surface area contributed by atoms with Crippen LogP contribution < -0.4 is 5.73 Å². The third-order valence-electron chi connectivity index (χ3n) is 2.70. The summed E-state index contributed by atoms with van der Waals surface area (Å²) >= 11 is 0. The second-order valence-corrected chi connectivity index (χ2v) is 4.32. The molecule has 15 heavy (non-hydrogen) atoms. The summed E-state index contributed by atoms with van der Waals surface area (Å²) in [6.45, 7) is 9.64. The first kappa shape index (κ1) is 12.1. The molecule has 3 heteroatoms. The fourth-order valence-electron chi connectivity index (χ4n) is 1.79. The fraction of sp³-hybridized carbons (Fsp3) is 0.750. The number of unbranched alkanes of at least 4 members (excludes halogenated alkanes) is 1. The molecule has 2 N–H and O–H groups in total. The van der Waals surface area contributed by atoms with E-state index in [4.69, 9.17) is 5.73 Å². The summed E-state index contributed by atoms with van der Waals surface area (Å²) in [6.07, 6.45) is 3.28. The lowest BCUT2D eigenvalue weighted by Gasteiger charge is -2.11. The van der Waals surface area contributed by atoms with Crippen LogP contribution in [0, 0.1) is 0 Å². The van der Waals surface area contributed by atoms with Crippen molar-refractivity contribution in [2.24, 2.45) is 0 Å². The molecule has 0 atom stereocenters. The number of rotatable bonds is 5. The van der Waals surface area contributed by atoms with Crippen LogP contribution in [0.5, 0.6) is 0 Å². The first-order valence-corrected chi connectivity index (χ1v) is 5.96. The highest BCUT2D eigenvalue weighted by Crippen LogP contribution is 2.22. The Morgan fingerprint density at radius 2 is 2.00 bits per heavy atom. The quantitative estimate of drug-likeness (QED) is 0.810. The minimum Gasteiger partial charge on any atom is -0.384 e. The largest absolute Gasteiger partial charge is 0.384 e. The van der Waals surface area contributed by atoms with Gasteiger partial charge in [-0.2, -0.15) is 0 Å². The summed E-state index contributed by atoms with van der Waals surface area (Å²) in [5.41, 5.74) is 7.14. The number of anilines is 1. The van der Waals surface area contributed by atoms with Crippen molar-refractivity contribution in [3.63, 3.8) is 0 Å². The van der Waals surface area contributed by atoms with Crippen LogP contribution in [-0.2, 0) is 13.0 Å². The third-order valence-corrected chi connectivity index (χ3v) is 2.70. The van der Waals surface area contributed by atoms with Gasteiger partial charge in [-0.15, -0.1) is 0 Å². The number of nitrogens with two attached hydrogens (primary N) is 1. The molecule has 0 fully saturated rings. The Bertz CT molecular complexity index is 313. The van der Waals surface area contributed by atoms with Crippen LogP contribution in [0.3, 0.4) is 0 Å². The molecule has 0 bridgehead atoms. The van der Waals surface area contributed by atoms with E-state index in [0.29, 0.717) is 5.92 Å². The van der Waals surface area contributed by atoms with E-state index >= 15 is 0 Å². The van der Waals surface area contributed by atoms with E-state index in [-0.39, 0.29) is 0 Å². The van der Waals surface area contributed by atoms with Gasteiger partial charge in [-0.3, -0.25) is 0 Å². The van der Waals surface area contributed by atoms with E-state index in [1.807, 2.05) is 0 Å². The van der Waals surface area contributed by atoms with Gasteiger partial charge in [0.2, 0.25) is 0 Å². The van der Waals surface area contributed by atoms with E-state index in [9.17, 15) is 0 Å². The lowest BCUT2D eigenvalue weighted by molar-refractivity contribution is 0.588. The fourth-order valence-corrected chi connectivity index (χ4v) is 1.79. The van der Waals surface area contributed by atoms with Gasteiger partial charge in [0.1, 0.15) is 11.6 Å². The summed E-state index contributed by atoms with van der Waals surface area (Å²) < 4.78 is 2.19. The lowest BCUT2D eigenvalue weighted by atomic mass is 10.2. The molecule has 1 rings (SSSR count). The molecule has 86 valence electrons. The smallest absolute Gasteiger partial charge is 0.126 e. The molecule has 0 unspecified atom stereocenters. The van der Waals surface area contributed by atoms with E-state index in [0.717, 1.165) is 30.3 Å². The molecule has 1 heterocycles. The van der Waals surface area contributed by atoms with Gasteiger partial charge in [0.05, 0.1) is 5.69 Å². The summed E-state index contributed by atoms with van der Waals surface area (Å²) in [6, 6.07) is 0. The third kappa shape index (κ3) is 2.52. The molecule has 0 spiro atoms. The minimum absolute atomic E-state index is 0.449. The molecule has 0 aromatic carbocycles.